The molecule has 170 valence electrons. The van der Waals surface area contributed by atoms with E-state index in [1.54, 1.807) is 0 Å². The number of amidine groups is 2. The van der Waals surface area contributed by atoms with Crippen LogP contribution in [0.5, 0.6) is 0 Å². The van der Waals surface area contributed by atoms with Gasteiger partial charge in [-0.15, -0.1) is 0 Å². The van der Waals surface area contributed by atoms with Gasteiger partial charge in [-0.1, -0.05) is 6.07 Å². The third-order valence-corrected chi connectivity index (χ3v) is 10.4. The molecular weight excluding hydrogens is 394 g/mol. The average Bonchev–Trinajstić information content (AvgIpc) is 2.72. The van der Waals surface area contributed by atoms with Crippen molar-refractivity contribution in [3.8, 4) is 0 Å². The minimum Gasteiger partial charge on any atom is -0.387 e. The lowest BCUT2D eigenvalue weighted by molar-refractivity contribution is -0.0130. The molecule has 9 rings (SSSR count). The highest BCUT2D eigenvalue weighted by atomic mass is 15.0. The Bertz CT molecular complexity index is 846. The van der Waals surface area contributed by atoms with E-state index in [9.17, 15) is 0 Å². The molecular formula is C27H37N5. The number of hydrogen-bond donors (Lipinski definition) is 2. The molecule has 0 amide bonds. The predicted molar refractivity (Wildman–Crippen MR) is 128 cm³/mol. The number of hydrogen-bond acceptors (Lipinski definition) is 3. The molecule has 1 heterocycles. The van der Waals surface area contributed by atoms with Crippen molar-refractivity contribution in [1.82, 2.24) is 4.98 Å². The molecule has 0 spiro atoms. The minimum absolute atomic E-state index is 0.119. The number of nitrogens with two attached hydrogens (primary N) is 2. The molecule has 1 aromatic rings. The lowest BCUT2D eigenvalue weighted by atomic mass is 9.49. The van der Waals surface area contributed by atoms with Crippen LogP contribution in [0.15, 0.2) is 28.2 Å². The fourth-order valence-corrected chi connectivity index (χ4v) is 9.87. The van der Waals surface area contributed by atoms with Crippen LogP contribution in [0.3, 0.4) is 0 Å². The topological polar surface area (TPSA) is 89.6 Å². The summed E-state index contributed by atoms with van der Waals surface area (Å²) in [6.45, 7) is 0. The summed E-state index contributed by atoms with van der Waals surface area (Å²) in [5.41, 5.74) is 13.7. The molecule has 0 unspecified atom stereocenters. The molecule has 0 aromatic carbocycles. The molecule has 8 aliphatic rings. The first kappa shape index (κ1) is 19.5. The summed E-state index contributed by atoms with van der Waals surface area (Å²) in [5.74, 6) is 8.18. The van der Waals surface area contributed by atoms with Crippen molar-refractivity contribution < 1.29 is 0 Å². The minimum atomic E-state index is 0.119. The summed E-state index contributed by atoms with van der Waals surface area (Å²) >= 11 is 0. The number of pyridine rings is 1. The van der Waals surface area contributed by atoms with Crippen LogP contribution in [0.4, 0.5) is 11.6 Å². The van der Waals surface area contributed by atoms with E-state index in [0.29, 0.717) is 11.6 Å². The molecule has 0 radical (unpaired) electrons. The molecule has 0 atom stereocenters. The van der Waals surface area contributed by atoms with E-state index in [-0.39, 0.29) is 10.8 Å². The first-order chi connectivity index (χ1) is 15.5. The number of aliphatic imine (C=N–C) groups is 2. The van der Waals surface area contributed by atoms with Gasteiger partial charge in [-0.3, -0.25) is 0 Å². The van der Waals surface area contributed by atoms with E-state index in [0.717, 1.165) is 47.2 Å². The van der Waals surface area contributed by atoms with Crippen LogP contribution in [0, 0.1) is 46.3 Å². The SMILES string of the molecule is NC(=Nc1cccc(/N=C(\N)C23CC4CC(CC(C4)C2)C3)n1)C12CC3CC(CC(C3)C1)C2. The van der Waals surface area contributed by atoms with Crippen LogP contribution < -0.4 is 11.5 Å². The van der Waals surface area contributed by atoms with Crippen LogP contribution in [0.2, 0.25) is 0 Å². The maximum Gasteiger partial charge on any atom is 0.156 e. The quantitative estimate of drug-likeness (QED) is 0.488. The normalized spacial score (nSPS) is 46.8. The Kier molecular flexibility index (Phi) is 4.16. The number of aromatic nitrogens is 1. The van der Waals surface area contributed by atoms with Gasteiger partial charge in [0, 0.05) is 10.8 Å². The van der Waals surface area contributed by atoms with Gasteiger partial charge in [-0.05, 0) is 125 Å². The number of nitrogens with zero attached hydrogens (tertiary/aromatic N) is 3. The summed E-state index contributed by atoms with van der Waals surface area (Å²) in [4.78, 5) is 14.5. The summed E-state index contributed by atoms with van der Waals surface area (Å²) < 4.78 is 0. The smallest absolute Gasteiger partial charge is 0.156 e. The Labute approximate surface area is 191 Å². The van der Waals surface area contributed by atoms with Gasteiger partial charge in [0.15, 0.2) is 11.6 Å². The molecule has 0 aliphatic heterocycles. The summed E-state index contributed by atoms with van der Waals surface area (Å²) in [5, 5.41) is 0. The number of rotatable bonds is 4. The molecule has 8 bridgehead atoms. The van der Waals surface area contributed by atoms with E-state index in [4.69, 9.17) is 26.4 Å². The third kappa shape index (κ3) is 3.06. The van der Waals surface area contributed by atoms with E-state index >= 15 is 0 Å². The van der Waals surface area contributed by atoms with Crippen molar-refractivity contribution in [2.45, 2.75) is 77.0 Å². The monoisotopic (exact) mass is 431 g/mol. The van der Waals surface area contributed by atoms with Gasteiger partial charge in [0.25, 0.3) is 0 Å². The first-order valence-corrected chi connectivity index (χ1v) is 13.1. The zero-order valence-corrected chi connectivity index (χ0v) is 19.2. The van der Waals surface area contributed by atoms with E-state index in [1.165, 1.54) is 77.0 Å². The second kappa shape index (κ2) is 6.80. The molecule has 0 saturated heterocycles. The van der Waals surface area contributed by atoms with E-state index < -0.39 is 0 Å². The molecule has 8 fully saturated rings. The zero-order chi connectivity index (χ0) is 21.5. The van der Waals surface area contributed by atoms with Crippen LogP contribution in [-0.4, -0.2) is 16.7 Å². The van der Waals surface area contributed by atoms with E-state index in [1.807, 2.05) is 18.2 Å². The highest BCUT2D eigenvalue weighted by molar-refractivity contribution is 5.90. The molecule has 5 nitrogen and oxygen atoms in total. The van der Waals surface area contributed by atoms with Crippen LogP contribution >= 0.6 is 0 Å². The Hall–Kier alpha value is -1.91. The Morgan fingerprint density at radius 1 is 0.625 bits per heavy atom. The lowest BCUT2D eigenvalue weighted by Gasteiger charge is -2.56. The lowest BCUT2D eigenvalue weighted by Crippen LogP contribution is -2.52. The molecule has 32 heavy (non-hydrogen) atoms. The molecule has 4 N–H and O–H groups in total. The van der Waals surface area contributed by atoms with Crippen LogP contribution in [-0.2, 0) is 0 Å². The largest absolute Gasteiger partial charge is 0.387 e. The van der Waals surface area contributed by atoms with Crippen molar-refractivity contribution in [2.24, 2.45) is 67.8 Å². The summed E-state index contributed by atoms with van der Waals surface area (Å²) in [6.07, 6.45) is 15.9. The van der Waals surface area contributed by atoms with Gasteiger partial charge in [0.05, 0.1) is 0 Å². The fraction of sp³-hybridized carbons (Fsp3) is 0.741. The zero-order valence-electron chi connectivity index (χ0n) is 19.2. The van der Waals surface area contributed by atoms with Crippen molar-refractivity contribution in [3.63, 3.8) is 0 Å². The maximum atomic E-state index is 6.71. The van der Waals surface area contributed by atoms with Gasteiger partial charge in [0.1, 0.15) is 11.7 Å². The molecule has 1 aromatic heterocycles. The van der Waals surface area contributed by atoms with Crippen LogP contribution in [0.1, 0.15) is 77.0 Å². The summed E-state index contributed by atoms with van der Waals surface area (Å²) in [6, 6.07) is 5.94. The molecule has 5 heteroatoms. The van der Waals surface area contributed by atoms with Gasteiger partial charge < -0.3 is 11.5 Å². The third-order valence-electron chi connectivity index (χ3n) is 10.4. The molecule has 8 saturated carbocycles. The van der Waals surface area contributed by atoms with Crippen LogP contribution in [0.25, 0.3) is 0 Å². The highest BCUT2D eigenvalue weighted by Gasteiger charge is 2.54. The van der Waals surface area contributed by atoms with Gasteiger partial charge >= 0.3 is 0 Å². The molecule has 8 aliphatic carbocycles. The Morgan fingerprint density at radius 3 is 1.25 bits per heavy atom. The van der Waals surface area contributed by atoms with Gasteiger partial charge in [-0.25, -0.2) is 15.0 Å². The standard InChI is InChI=1S/C27H37N5/c28-24(26-10-16-4-17(11-26)6-18(5-16)12-26)31-22-2-1-3-23(30-22)32-25(29)27-13-19-7-20(14-27)9-21(8-19)15-27/h1-3,16-21H,4-15H2,(H4,28,29,30,31,32). The van der Waals surface area contributed by atoms with E-state index in [2.05, 4.69) is 0 Å². The maximum absolute atomic E-state index is 6.71. The second-order valence-electron chi connectivity index (χ2n) is 12.7. The Balaban J connectivity index is 1.15. The van der Waals surface area contributed by atoms with Crippen molar-refractivity contribution in [2.75, 3.05) is 0 Å². The summed E-state index contributed by atoms with van der Waals surface area (Å²) in [7, 11) is 0. The first-order valence-electron chi connectivity index (χ1n) is 13.1. The second-order valence-corrected chi connectivity index (χ2v) is 12.7. The van der Waals surface area contributed by atoms with Crippen molar-refractivity contribution in [3.05, 3.63) is 18.2 Å². The highest BCUT2D eigenvalue weighted by Crippen LogP contribution is 2.61. The average molecular weight is 432 g/mol. The van der Waals surface area contributed by atoms with Crippen molar-refractivity contribution in [1.29, 1.82) is 0 Å². The van der Waals surface area contributed by atoms with Crippen molar-refractivity contribution >= 4 is 23.3 Å². The van der Waals surface area contributed by atoms with Gasteiger partial charge in [-0.2, -0.15) is 0 Å². The predicted octanol–water partition coefficient (Wildman–Crippen LogP) is 5.49. The fourth-order valence-electron chi connectivity index (χ4n) is 9.87. The van der Waals surface area contributed by atoms with Gasteiger partial charge in [0.2, 0.25) is 0 Å². The Morgan fingerprint density at radius 2 is 0.938 bits per heavy atom.